The predicted molar refractivity (Wildman–Crippen MR) is 62.5 cm³/mol. The highest BCUT2D eigenvalue weighted by molar-refractivity contribution is 6.34. The molecule has 0 heterocycles. The van der Waals surface area contributed by atoms with Crippen LogP contribution < -0.4 is 5.32 Å². The third-order valence-corrected chi connectivity index (χ3v) is 2.35. The summed E-state index contributed by atoms with van der Waals surface area (Å²) < 4.78 is 4.32. The number of amides is 1. The van der Waals surface area contributed by atoms with E-state index in [1.165, 1.54) is 12.1 Å². The smallest absolute Gasteiger partial charge is 0.325 e. The molecule has 0 unspecified atom stereocenters. The first-order chi connectivity index (χ1) is 8.47. The number of hydrogen-bond donors (Lipinski definition) is 1. The van der Waals surface area contributed by atoms with Crippen LogP contribution in [-0.4, -0.2) is 30.5 Å². The number of nitrogens with zero attached hydrogens (tertiary/aromatic N) is 1. The van der Waals surface area contributed by atoms with Gasteiger partial charge in [-0.05, 0) is 6.07 Å². The first kappa shape index (κ1) is 13.9. The quantitative estimate of drug-likeness (QED) is 0.503. The molecule has 0 aliphatic carbocycles. The van der Waals surface area contributed by atoms with Crippen molar-refractivity contribution in [1.82, 2.24) is 5.32 Å². The van der Waals surface area contributed by atoms with Gasteiger partial charge in [0.05, 0.1) is 17.1 Å². The lowest BCUT2D eigenvalue weighted by Gasteiger charge is -2.06. The largest absolute Gasteiger partial charge is 0.468 e. The van der Waals surface area contributed by atoms with Gasteiger partial charge in [0.1, 0.15) is 12.1 Å². The monoisotopic (exact) mass is 272 g/mol. The van der Waals surface area contributed by atoms with Gasteiger partial charge in [0.25, 0.3) is 11.6 Å². The number of methoxy groups -OCH3 is 1. The first-order valence-electron chi connectivity index (χ1n) is 4.75. The highest BCUT2D eigenvalue weighted by Crippen LogP contribution is 2.25. The molecule has 7 nitrogen and oxygen atoms in total. The average Bonchev–Trinajstić information content (AvgIpc) is 2.34. The van der Waals surface area contributed by atoms with Gasteiger partial charge in [-0.1, -0.05) is 17.7 Å². The van der Waals surface area contributed by atoms with E-state index < -0.39 is 29.0 Å². The van der Waals surface area contributed by atoms with Crippen LogP contribution in [0.1, 0.15) is 10.4 Å². The van der Waals surface area contributed by atoms with Crippen molar-refractivity contribution in [3.05, 3.63) is 38.9 Å². The molecule has 0 aliphatic heterocycles. The number of ether oxygens (including phenoxy) is 1. The number of carbonyl (C=O) groups is 2. The lowest BCUT2D eigenvalue weighted by atomic mass is 10.1. The highest BCUT2D eigenvalue weighted by Gasteiger charge is 2.23. The average molecular weight is 273 g/mol. The zero-order valence-corrected chi connectivity index (χ0v) is 10.1. The summed E-state index contributed by atoms with van der Waals surface area (Å²) in [5.74, 6) is -1.48. The third kappa shape index (κ3) is 3.17. The van der Waals surface area contributed by atoms with Crippen LogP contribution in [0.15, 0.2) is 18.2 Å². The molecule has 18 heavy (non-hydrogen) atoms. The Kier molecular flexibility index (Phi) is 4.61. The zero-order valence-electron chi connectivity index (χ0n) is 9.31. The van der Waals surface area contributed by atoms with Crippen molar-refractivity contribution in [3.63, 3.8) is 0 Å². The molecule has 0 atom stereocenters. The van der Waals surface area contributed by atoms with Crippen molar-refractivity contribution < 1.29 is 19.2 Å². The summed E-state index contributed by atoms with van der Waals surface area (Å²) in [6.45, 7) is -0.391. The summed E-state index contributed by atoms with van der Waals surface area (Å²) in [5.41, 5.74) is -0.710. The van der Waals surface area contributed by atoms with Crippen LogP contribution in [0.5, 0.6) is 0 Å². The minimum Gasteiger partial charge on any atom is -0.468 e. The summed E-state index contributed by atoms with van der Waals surface area (Å²) >= 11 is 5.74. The molecule has 8 heteroatoms. The molecule has 1 aromatic carbocycles. The maximum Gasteiger partial charge on any atom is 0.325 e. The molecular weight excluding hydrogens is 264 g/mol. The van der Waals surface area contributed by atoms with E-state index in [9.17, 15) is 19.7 Å². The van der Waals surface area contributed by atoms with E-state index in [1.807, 2.05) is 0 Å². The predicted octanol–water partition coefficient (Wildman–Crippen LogP) is 1.15. The van der Waals surface area contributed by atoms with E-state index >= 15 is 0 Å². The second-order valence-corrected chi connectivity index (χ2v) is 3.56. The molecule has 0 aliphatic rings. The molecule has 0 aromatic heterocycles. The number of rotatable bonds is 4. The van der Waals surface area contributed by atoms with Crippen LogP contribution in [0.25, 0.3) is 0 Å². The van der Waals surface area contributed by atoms with Crippen molar-refractivity contribution in [2.45, 2.75) is 0 Å². The Hall–Kier alpha value is -2.15. The fraction of sp³-hybridized carbons (Fsp3) is 0.200. The van der Waals surface area contributed by atoms with Gasteiger partial charge in [-0.25, -0.2) is 0 Å². The summed E-state index contributed by atoms with van der Waals surface area (Å²) in [4.78, 5) is 32.6. The molecule has 0 radical (unpaired) electrons. The number of nitro benzene ring substituents is 1. The number of carbonyl (C=O) groups excluding carboxylic acids is 2. The van der Waals surface area contributed by atoms with Gasteiger partial charge in [0.2, 0.25) is 0 Å². The van der Waals surface area contributed by atoms with Crippen molar-refractivity contribution in [3.8, 4) is 0 Å². The van der Waals surface area contributed by atoms with E-state index in [0.29, 0.717) is 0 Å². The highest BCUT2D eigenvalue weighted by atomic mass is 35.5. The lowest BCUT2D eigenvalue weighted by Crippen LogP contribution is -2.30. The molecule has 1 amide bonds. The number of esters is 1. The molecule has 0 spiro atoms. The van der Waals surface area contributed by atoms with Crippen molar-refractivity contribution in [2.75, 3.05) is 13.7 Å². The van der Waals surface area contributed by atoms with Gasteiger partial charge >= 0.3 is 5.97 Å². The molecule has 0 saturated carbocycles. The Labute approximate surface area is 107 Å². The third-order valence-electron chi connectivity index (χ3n) is 2.04. The Morgan fingerprint density at radius 2 is 2.17 bits per heavy atom. The number of benzene rings is 1. The molecule has 1 rings (SSSR count). The van der Waals surface area contributed by atoms with Crippen LogP contribution in [-0.2, 0) is 9.53 Å². The molecular formula is C10H9ClN2O5. The van der Waals surface area contributed by atoms with Gasteiger partial charge in [0, 0.05) is 6.07 Å². The van der Waals surface area contributed by atoms with Crippen LogP contribution in [0.3, 0.4) is 0 Å². The number of hydrogen-bond acceptors (Lipinski definition) is 5. The van der Waals surface area contributed by atoms with Gasteiger partial charge in [-0.2, -0.15) is 0 Å². The normalized spacial score (nSPS) is 9.67. The van der Waals surface area contributed by atoms with Gasteiger partial charge in [-0.15, -0.1) is 0 Å². The standard InChI is InChI=1S/C10H9ClN2O5/c1-18-8(14)5-12-10(15)9-6(11)3-2-4-7(9)13(16)17/h2-4H,5H2,1H3,(H,12,15). The summed E-state index contributed by atoms with van der Waals surface area (Å²) in [6, 6.07) is 3.86. The first-order valence-corrected chi connectivity index (χ1v) is 5.13. The molecule has 0 saturated heterocycles. The van der Waals surface area contributed by atoms with Crippen LogP contribution in [0.2, 0.25) is 5.02 Å². The minimum absolute atomic E-state index is 0.0634. The Bertz CT molecular complexity index is 503. The van der Waals surface area contributed by atoms with Crippen molar-refractivity contribution in [1.29, 1.82) is 0 Å². The topological polar surface area (TPSA) is 98.5 Å². The molecule has 96 valence electrons. The van der Waals surface area contributed by atoms with Gasteiger partial charge in [-0.3, -0.25) is 19.7 Å². The van der Waals surface area contributed by atoms with Crippen LogP contribution >= 0.6 is 11.6 Å². The Morgan fingerprint density at radius 1 is 1.50 bits per heavy atom. The number of halogens is 1. The van der Waals surface area contributed by atoms with Crippen LogP contribution in [0.4, 0.5) is 5.69 Å². The fourth-order valence-electron chi connectivity index (χ4n) is 1.20. The second-order valence-electron chi connectivity index (χ2n) is 3.15. The maximum absolute atomic E-state index is 11.7. The summed E-state index contributed by atoms with van der Waals surface area (Å²) in [6.07, 6.45) is 0. The van der Waals surface area contributed by atoms with E-state index in [4.69, 9.17) is 11.6 Å². The van der Waals surface area contributed by atoms with Crippen molar-refractivity contribution in [2.24, 2.45) is 0 Å². The molecule has 0 fully saturated rings. The maximum atomic E-state index is 11.7. The summed E-state index contributed by atoms with van der Waals surface area (Å²) in [5, 5.41) is 12.9. The number of nitro groups is 1. The van der Waals surface area contributed by atoms with E-state index in [1.54, 1.807) is 0 Å². The number of nitrogens with one attached hydrogen (secondary N) is 1. The SMILES string of the molecule is COC(=O)CNC(=O)c1c(Cl)cccc1[N+](=O)[O-]. The molecule has 1 aromatic rings. The van der Waals surface area contributed by atoms with Gasteiger partial charge < -0.3 is 10.1 Å². The Morgan fingerprint density at radius 3 is 2.72 bits per heavy atom. The summed E-state index contributed by atoms with van der Waals surface area (Å²) in [7, 11) is 1.16. The van der Waals surface area contributed by atoms with E-state index in [0.717, 1.165) is 13.2 Å². The van der Waals surface area contributed by atoms with E-state index in [2.05, 4.69) is 10.1 Å². The Balaban J connectivity index is 2.98. The molecule has 0 bridgehead atoms. The molecule has 1 N–H and O–H groups in total. The van der Waals surface area contributed by atoms with E-state index in [-0.39, 0.29) is 10.6 Å². The lowest BCUT2D eigenvalue weighted by molar-refractivity contribution is -0.385. The fourth-order valence-corrected chi connectivity index (χ4v) is 1.46. The van der Waals surface area contributed by atoms with Crippen LogP contribution in [0, 0.1) is 10.1 Å². The van der Waals surface area contributed by atoms with Crippen molar-refractivity contribution >= 4 is 29.2 Å². The second kappa shape index (κ2) is 5.97. The zero-order chi connectivity index (χ0) is 13.7. The van der Waals surface area contributed by atoms with Gasteiger partial charge in [0.15, 0.2) is 0 Å². The minimum atomic E-state index is -0.808.